The van der Waals surface area contributed by atoms with E-state index in [1.807, 2.05) is 24.3 Å². The van der Waals surface area contributed by atoms with E-state index in [0.717, 1.165) is 30.6 Å². The number of halogens is 1. The lowest BCUT2D eigenvalue weighted by Gasteiger charge is -2.34. The zero-order chi connectivity index (χ0) is 15.2. The predicted molar refractivity (Wildman–Crippen MR) is 93.2 cm³/mol. The van der Waals surface area contributed by atoms with E-state index in [2.05, 4.69) is 18.7 Å². The van der Waals surface area contributed by atoms with Gasteiger partial charge in [-0.25, -0.2) is 0 Å². The third-order valence-corrected chi connectivity index (χ3v) is 4.07. The molecule has 1 heterocycles. The molecular formula is C18H28ClNO2. The second-order valence-corrected chi connectivity index (χ2v) is 6.49. The van der Waals surface area contributed by atoms with Crippen molar-refractivity contribution in [2.45, 2.75) is 33.6 Å². The van der Waals surface area contributed by atoms with Gasteiger partial charge in [-0.1, -0.05) is 26.0 Å². The number of ether oxygens (including phenoxy) is 1. The average molecular weight is 326 g/mol. The van der Waals surface area contributed by atoms with E-state index in [9.17, 15) is 4.79 Å². The minimum absolute atomic E-state index is 0. The Morgan fingerprint density at radius 3 is 2.59 bits per heavy atom. The fraction of sp³-hybridized carbons (Fsp3) is 0.611. The second-order valence-electron chi connectivity index (χ2n) is 6.49. The van der Waals surface area contributed by atoms with Crippen LogP contribution in [0.1, 0.15) is 44.0 Å². The molecule has 2 atom stereocenters. The number of Topliss-reactive ketones (excluding diaryl/α,β-unsaturated/α-hetero) is 1. The van der Waals surface area contributed by atoms with Gasteiger partial charge in [0.1, 0.15) is 5.75 Å². The zero-order valence-electron chi connectivity index (χ0n) is 13.9. The fourth-order valence-electron chi connectivity index (χ4n) is 3.26. The summed E-state index contributed by atoms with van der Waals surface area (Å²) in [6.07, 6.45) is 2.38. The Morgan fingerprint density at radius 1 is 1.27 bits per heavy atom. The number of carbonyl (C=O) groups excluding carboxylic acids is 1. The maximum absolute atomic E-state index is 11.3. The smallest absolute Gasteiger partial charge is 0.159 e. The maximum Gasteiger partial charge on any atom is 0.159 e. The lowest BCUT2D eigenvalue weighted by Crippen LogP contribution is -2.39. The molecule has 0 spiro atoms. The van der Waals surface area contributed by atoms with E-state index in [4.69, 9.17) is 4.74 Å². The SMILES string of the molecule is CC(=O)c1cccc(OCCCN2CC(C)CC(C)C2)c1.Cl. The highest BCUT2D eigenvalue weighted by Gasteiger charge is 2.20. The summed E-state index contributed by atoms with van der Waals surface area (Å²) in [5, 5.41) is 0. The minimum atomic E-state index is 0. The highest BCUT2D eigenvalue weighted by atomic mass is 35.5. The number of benzene rings is 1. The van der Waals surface area contributed by atoms with Gasteiger partial charge in [0.15, 0.2) is 5.78 Å². The molecule has 1 aromatic rings. The van der Waals surface area contributed by atoms with Crippen molar-refractivity contribution in [3.63, 3.8) is 0 Å². The largest absolute Gasteiger partial charge is 0.494 e. The number of hydrogen-bond donors (Lipinski definition) is 0. The van der Waals surface area contributed by atoms with Gasteiger partial charge in [-0.2, -0.15) is 0 Å². The van der Waals surface area contributed by atoms with E-state index < -0.39 is 0 Å². The van der Waals surface area contributed by atoms with Crippen LogP contribution in [0.2, 0.25) is 0 Å². The monoisotopic (exact) mass is 325 g/mol. The maximum atomic E-state index is 11.3. The molecule has 0 amide bonds. The van der Waals surface area contributed by atoms with Gasteiger partial charge in [0.2, 0.25) is 0 Å². The molecule has 0 aromatic heterocycles. The van der Waals surface area contributed by atoms with Gasteiger partial charge in [-0.15, -0.1) is 12.4 Å². The second kappa shape index (κ2) is 9.16. The Morgan fingerprint density at radius 2 is 1.95 bits per heavy atom. The molecule has 1 saturated heterocycles. The van der Waals surface area contributed by atoms with Crippen molar-refractivity contribution in [1.82, 2.24) is 4.90 Å². The summed E-state index contributed by atoms with van der Waals surface area (Å²) in [6, 6.07) is 7.44. The molecule has 3 nitrogen and oxygen atoms in total. The summed E-state index contributed by atoms with van der Waals surface area (Å²) >= 11 is 0. The summed E-state index contributed by atoms with van der Waals surface area (Å²) < 4.78 is 5.76. The normalized spacial score (nSPS) is 22.0. The van der Waals surface area contributed by atoms with Gasteiger partial charge in [0.25, 0.3) is 0 Å². The number of piperidine rings is 1. The van der Waals surface area contributed by atoms with Gasteiger partial charge in [0.05, 0.1) is 6.61 Å². The molecule has 22 heavy (non-hydrogen) atoms. The van der Waals surface area contributed by atoms with Crippen LogP contribution in [0.5, 0.6) is 5.75 Å². The van der Waals surface area contributed by atoms with Crippen LogP contribution in [-0.2, 0) is 0 Å². The minimum Gasteiger partial charge on any atom is -0.494 e. The highest BCUT2D eigenvalue weighted by molar-refractivity contribution is 5.94. The molecular weight excluding hydrogens is 298 g/mol. The summed E-state index contributed by atoms with van der Waals surface area (Å²) in [5.41, 5.74) is 0.714. The molecule has 0 aliphatic carbocycles. The van der Waals surface area contributed by atoms with Crippen molar-refractivity contribution < 1.29 is 9.53 Å². The van der Waals surface area contributed by atoms with Crippen LogP contribution < -0.4 is 4.74 Å². The highest BCUT2D eigenvalue weighted by Crippen LogP contribution is 2.21. The molecule has 1 fully saturated rings. The quantitative estimate of drug-likeness (QED) is 0.583. The number of ketones is 1. The Balaban J connectivity index is 0.00000242. The van der Waals surface area contributed by atoms with Crippen molar-refractivity contribution in [1.29, 1.82) is 0 Å². The van der Waals surface area contributed by atoms with Gasteiger partial charge >= 0.3 is 0 Å². The molecule has 0 N–H and O–H groups in total. The van der Waals surface area contributed by atoms with E-state index in [1.165, 1.54) is 19.5 Å². The number of carbonyl (C=O) groups is 1. The molecule has 1 aromatic carbocycles. The first-order valence-electron chi connectivity index (χ1n) is 8.00. The van der Waals surface area contributed by atoms with E-state index in [0.29, 0.717) is 12.2 Å². The van der Waals surface area contributed by atoms with Gasteiger partial charge in [-0.05, 0) is 43.7 Å². The Hall–Kier alpha value is -1.06. The molecule has 4 heteroatoms. The third kappa shape index (κ3) is 5.98. The van der Waals surface area contributed by atoms with Crippen molar-refractivity contribution >= 4 is 18.2 Å². The molecule has 0 radical (unpaired) electrons. The lowest BCUT2D eigenvalue weighted by atomic mass is 9.92. The van der Waals surface area contributed by atoms with E-state index in [1.54, 1.807) is 6.92 Å². The van der Waals surface area contributed by atoms with Crippen molar-refractivity contribution in [3.05, 3.63) is 29.8 Å². The van der Waals surface area contributed by atoms with Crippen LogP contribution in [0.3, 0.4) is 0 Å². The van der Waals surface area contributed by atoms with Crippen LogP contribution in [0.15, 0.2) is 24.3 Å². The summed E-state index contributed by atoms with van der Waals surface area (Å²) in [6.45, 7) is 10.5. The van der Waals surface area contributed by atoms with Gasteiger partial charge in [-0.3, -0.25) is 4.79 Å². The van der Waals surface area contributed by atoms with Gasteiger partial charge in [0, 0.05) is 25.2 Å². The summed E-state index contributed by atoms with van der Waals surface area (Å²) in [7, 11) is 0. The summed E-state index contributed by atoms with van der Waals surface area (Å²) in [4.78, 5) is 13.9. The first kappa shape index (κ1) is 19.0. The number of nitrogens with zero attached hydrogens (tertiary/aromatic N) is 1. The molecule has 1 aliphatic rings. The third-order valence-electron chi connectivity index (χ3n) is 4.07. The van der Waals surface area contributed by atoms with Crippen molar-refractivity contribution in [2.75, 3.05) is 26.2 Å². The molecule has 2 rings (SSSR count). The Kier molecular flexibility index (Phi) is 7.91. The van der Waals surface area contributed by atoms with Crippen molar-refractivity contribution in [3.8, 4) is 5.75 Å². The molecule has 2 unspecified atom stereocenters. The van der Waals surface area contributed by atoms with Crippen molar-refractivity contribution in [2.24, 2.45) is 11.8 Å². The molecule has 0 saturated carbocycles. The first-order valence-corrected chi connectivity index (χ1v) is 8.00. The van der Waals surface area contributed by atoms with Crippen LogP contribution >= 0.6 is 12.4 Å². The van der Waals surface area contributed by atoms with Crippen LogP contribution in [0.4, 0.5) is 0 Å². The van der Waals surface area contributed by atoms with Crippen LogP contribution in [0.25, 0.3) is 0 Å². The number of hydrogen-bond acceptors (Lipinski definition) is 3. The van der Waals surface area contributed by atoms with Crippen LogP contribution in [-0.4, -0.2) is 36.9 Å². The average Bonchev–Trinajstić information content (AvgIpc) is 2.43. The lowest BCUT2D eigenvalue weighted by molar-refractivity contribution is 0.101. The fourth-order valence-corrected chi connectivity index (χ4v) is 3.26. The predicted octanol–water partition coefficient (Wildman–Crippen LogP) is 4.06. The topological polar surface area (TPSA) is 29.5 Å². The zero-order valence-corrected chi connectivity index (χ0v) is 14.7. The first-order chi connectivity index (χ1) is 10.0. The van der Waals surface area contributed by atoms with Gasteiger partial charge < -0.3 is 9.64 Å². The molecule has 1 aliphatic heterocycles. The number of rotatable bonds is 6. The molecule has 124 valence electrons. The Bertz CT molecular complexity index is 468. The van der Waals surface area contributed by atoms with E-state index >= 15 is 0 Å². The van der Waals surface area contributed by atoms with E-state index in [-0.39, 0.29) is 18.2 Å². The molecule has 0 bridgehead atoms. The standard InChI is InChI=1S/C18H27NO2.ClH/c1-14-10-15(2)13-19(12-14)8-5-9-21-18-7-4-6-17(11-18)16(3)20;/h4,6-7,11,14-15H,5,8-10,12-13H2,1-3H3;1H. The number of likely N-dealkylation sites (tertiary alicyclic amines) is 1. The Labute approximate surface area is 140 Å². The van der Waals surface area contributed by atoms with Crippen LogP contribution in [0, 0.1) is 11.8 Å². The summed E-state index contributed by atoms with van der Waals surface area (Å²) in [5.74, 6) is 2.49.